The van der Waals surface area contributed by atoms with Crippen LogP contribution in [0.3, 0.4) is 0 Å². The lowest BCUT2D eigenvalue weighted by Gasteiger charge is -2.21. The number of nitrogens with zero attached hydrogens (tertiary/aromatic N) is 4. The van der Waals surface area contributed by atoms with E-state index in [2.05, 4.69) is 15.4 Å². The number of benzene rings is 1. The monoisotopic (exact) mass is 471 g/mol. The molecule has 1 N–H and O–H groups in total. The minimum Gasteiger partial charge on any atom is -0.326 e. The molecule has 0 aliphatic carbocycles. The van der Waals surface area contributed by atoms with Gasteiger partial charge in [-0.1, -0.05) is 23.2 Å². The van der Waals surface area contributed by atoms with Crippen molar-refractivity contribution in [2.45, 2.75) is 13.3 Å². The maximum Gasteiger partial charge on any atom is 0.229 e. The second-order valence-corrected chi connectivity index (χ2v) is 7.73. The quantitative estimate of drug-likeness (QED) is 0.442. The normalized spacial score (nSPS) is 10.9. The predicted octanol–water partition coefficient (Wildman–Crippen LogP) is 5.04. The van der Waals surface area contributed by atoms with Gasteiger partial charge in [0.05, 0.1) is 17.6 Å². The van der Waals surface area contributed by atoms with E-state index in [-0.39, 0.29) is 22.4 Å². The van der Waals surface area contributed by atoms with Crippen LogP contribution < -0.4 is 10.2 Å². The number of hydrogen-bond donors (Lipinski definition) is 1. The number of fused-ring (bicyclic) bond motifs is 1. The summed E-state index contributed by atoms with van der Waals surface area (Å²) < 4.78 is 15.1. The topological polar surface area (TPSA) is 79.6 Å². The average Bonchev–Trinajstić information content (AvgIpc) is 3.19. The summed E-state index contributed by atoms with van der Waals surface area (Å²) in [4.78, 5) is 30.7. The van der Waals surface area contributed by atoms with Gasteiger partial charge in [-0.3, -0.25) is 14.5 Å². The molecule has 0 fully saturated rings. The molecule has 10 heteroatoms. The number of carbonyl (C=O) groups excluding carboxylic acids is 2. The summed E-state index contributed by atoms with van der Waals surface area (Å²) in [6, 6.07) is 10.7. The molecule has 162 valence electrons. The standard InChI is InChI=1S/C22H16Cl2FN5O2/c1-13(31)30(17-4-7-29-16(11-17)3-6-27-29)21-10-15(2-5-26-21)28-22(32)12-18-19(23)8-14(25)9-20(18)24/h2-11H,12H2,1H3,(H,26,28,32). The zero-order chi connectivity index (χ0) is 22.8. The molecule has 4 rings (SSSR count). The molecule has 0 spiro atoms. The summed E-state index contributed by atoms with van der Waals surface area (Å²) in [6.45, 7) is 1.42. The van der Waals surface area contributed by atoms with Crippen LogP contribution in [0.1, 0.15) is 12.5 Å². The number of hydrogen-bond acceptors (Lipinski definition) is 4. The van der Waals surface area contributed by atoms with E-state index < -0.39 is 11.7 Å². The van der Waals surface area contributed by atoms with Gasteiger partial charge in [0.2, 0.25) is 11.8 Å². The lowest BCUT2D eigenvalue weighted by atomic mass is 10.1. The van der Waals surface area contributed by atoms with E-state index in [4.69, 9.17) is 23.2 Å². The first kappa shape index (κ1) is 21.7. The summed E-state index contributed by atoms with van der Waals surface area (Å²) in [5, 5.41) is 7.01. The van der Waals surface area contributed by atoms with Crippen molar-refractivity contribution in [2.24, 2.45) is 0 Å². The summed E-state index contributed by atoms with van der Waals surface area (Å²) in [5.74, 6) is -0.916. The van der Waals surface area contributed by atoms with E-state index in [1.165, 1.54) is 18.0 Å². The van der Waals surface area contributed by atoms with Gasteiger partial charge >= 0.3 is 0 Å². The second-order valence-electron chi connectivity index (χ2n) is 6.92. The van der Waals surface area contributed by atoms with Gasteiger partial charge in [0.15, 0.2) is 0 Å². The van der Waals surface area contributed by atoms with Gasteiger partial charge in [-0.15, -0.1) is 0 Å². The average molecular weight is 472 g/mol. The summed E-state index contributed by atoms with van der Waals surface area (Å²) >= 11 is 12.0. The van der Waals surface area contributed by atoms with Crippen LogP contribution in [0.15, 0.2) is 61.1 Å². The van der Waals surface area contributed by atoms with E-state index in [1.54, 1.807) is 41.2 Å². The molecule has 1 aromatic carbocycles. The summed E-state index contributed by atoms with van der Waals surface area (Å²) in [5.41, 5.74) is 2.16. The fraction of sp³-hybridized carbons (Fsp3) is 0.0909. The molecule has 32 heavy (non-hydrogen) atoms. The molecule has 4 aromatic rings. The lowest BCUT2D eigenvalue weighted by molar-refractivity contribution is -0.116. The number of anilines is 3. The van der Waals surface area contributed by atoms with Crippen molar-refractivity contribution in [1.82, 2.24) is 14.6 Å². The maximum absolute atomic E-state index is 13.4. The smallest absolute Gasteiger partial charge is 0.229 e. The molecule has 0 saturated heterocycles. The third-order valence-electron chi connectivity index (χ3n) is 4.66. The Kier molecular flexibility index (Phi) is 6.07. The number of amides is 2. The highest BCUT2D eigenvalue weighted by atomic mass is 35.5. The van der Waals surface area contributed by atoms with Crippen molar-refractivity contribution >= 4 is 57.7 Å². The molecule has 3 aromatic heterocycles. The van der Waals surface area contributed by atoms with Crippen LogP contribution in [-0.4, -0.2) is 26.4 Å². The molecule has 0 aliphatic heterocycles. The minimum absolute atomic E-state index is 0.0681. The Bertz CT molecular complexity index is 1320. The van der Waals surface area contributed by atoms with Gasteiger partial charge in [0.1, 0.15) is 11.6 Å². The lowest BCUT2D eigenvalue weighted by Crippen LogP contribution is -2.24. The van der Waals surface area contributed by atoms with Crippen LogP contribution in [-0.2, 0) is 16.0 Å². The third kappa shape index (κ3) is 4.56. The number of nitrogens with one attached hydrogen (secondary N) is 1. The Morgan fingerprint density at radius 1 is 1.09 bits per heavy atom. The predicted molar refractivity (Wildman–Crippen MR) is 121 cm³/mol. The van der Waals surface area contributed by atoms with E-state index in [1.807, 2.05) is 6.07 Å². The fourth-order valence-electron chi connectivity index (χ4n) is 3.25. The zero-order valence-corrected chi connectivity index (χ0v) is 18.2. The molecule has 0 aliphatic rings. The van der Waals surface area contributed by atoms with E-state index in [0.29, 0.717) is 22.8 Å². The van der Waals surface area contributed by atoms with Gasteiger partial charge in [-0.05, 0) is 42.0 Å². The summed E-state index contributed by atoms with van der Waals surface area (Å²) in [7, 11) is 0. The van der Waals surface area contributed by atoms with E-state index >= 15 is 0 Å². The van der Waals surface area contributed by atoms with Crippen LogP contribution in [0.2, 0.25) is 10.0 Å². The van der Waals surface area contributed by atoms with E-state index in [0.717, 1.165) is 17.6 Å². The molecule has 3 heterocycles. The Hall–Kier alpha value is -3.49. The number of pyridine rings is 2. The highest BCUT2D eigenvalue weighted by Gasteiger charge is 2.18. The first-order valence-corrected chi connectivity index (χ1v) is 10.2. The highest BCUT2D eigenvalue weighted by Crippen LogP contribution is 2.29. The minimum atomic E-state index is -0.582. The SMILES string of the molecule is CC(=O)N(c1ccn2nccc2c1)c1cc(NC(=O)Cc2c(Cl)cc(F)cc2Cl)ccn1. The van der Waals surface area contributed by atoms with Crippen LogP contribution in [0.25, 0.3) is 5.52 Å². The van der Waals surface area contributed by atoms with E-state index in [9.17, 15) is 14.0 Å². The maximum atomic E-state index is 13.4. The van der Waals surface area contributed by atoms with Gasteiger partial charge in [0, 0.05) is 47.3 Å². The van der Waals surface area contributed by atoms with Gasteiger partial charge in [0.25, 0.3) is 0 Å². The van der Waals surface area contributed by atoms with Crippen molar-refractivity contribution in [2.75, 3.05) is 10.2 Å². The molecule has 7 nitrogen and oxygen atoms in total. The Morgan fingerprint density at radius 2 is 1.84 bits per heavy atom. The number of carbonyl (C=O) groups is 2. The van der Waals surface area contributed by atoms with Crippen LogP contribution in [0.5, 0.6) is 0 Å². The van der Waals surface area contributed by atoms with Crippen molar-refractivity contribution in [3.8, 4) is 0 Å². The largest absolute Gasteiger partial charge is 0.326 e. The fourth-order valence-corrected chi connectivity index (χ4v) is 3.84. The molecule has 0 atom stereocenters. The van der Waals surface area contributed by atoms with Crippen molar-refractivity contribution in [3.63, 3.8) is 0 Å². The van der Waals surface area contributed by atoms with Gasteiger partial charge in [-0.2, -0.15) is 5.10 Å². The van der Waals surface area contributed by atoms with Crippen LogP contribution in [0, 0.1) is 5.82 Å². The first-order valence-electron chi connectivity index (χ1n) is 9.45. The molecule has 0 saturated carbocycles. The zero-order valence-electron chi connectivity index (χ0n) is 16.7. The summed E-state index contributed by atoms with van der Waals surface area (Å²) in [6.07, 6.45) is 4.73. The van der Waals surface area contributed by atoms with Gasteiger partial charge in [-0.25, -0.2) is 13.9 Å². The molecule has 0 bridgehead atoms. The number of rotatable bonds is 5. The number of halogens is 3. The highest BCUT2D eigenvalue weighted by molar-refractivity contribution is 6.36. The van der Waals surface area contributed by atoms with Crippen molar-refractivity contribution < 1.29 is 14.0 Å². The van der Waals surface area contributed by atoms with Crippen molar-refractivity contribution in [3.05, 3.63) is 82.5 Å². The van der Waals surface area contributed by atoms with Crippen LogP contribution >= 0.6 is 23.2 Å². The molecule has 0 radical (unpaired) electrons. The molecular formula is C22H16Cl2FN5O2. The Morgan fingerprint density at radius 3 is 2.56 bits per heavy atom. The second kappa shape index (κ2) is 8.94. The molecule has 0 unspecified atom stereocenters. The molecule has 2 amide bonds. The van der Waals surface area contributed by atoms with Crippen molar-refractivity contribution in [1.29, 1.82) is 0 Å². The van der Waals surface area contributed by atoms with Gasteiger partial charge < -0.3 is 5.32 Å². The first-order chi connectivity index (χ1) is 15.3. The number of aromatic nitrogens is 3. The molecular weight excluding hydrogens is 456 g/mol. The Balaban J connectivity index is 1.58. The van der Waals surface area contributed by atoms with Crippen LogP contribution in [0.4, 0.5) is 21.6 Å². The Labute approximate surface area is 192 Å². The third-order valence-corrected chi connectivity index (χ3v) is 5.33.